The molecule has 0 radical (unpaired) electrons. The smallest absolute Gasteiger partial charge is 0.408 e. The molecule has 0 aromatic heterocycles. The maximum absolute atomic E-state index is 11.6. The predicted molar refractivity (Wildman–Crippen MR) is 90.1 cm³/mol. The van der Waals surface area contributed by atoms with Crippen LogP contribution in [-0.4, -0.2) is 46.9 Å². The largest absolute Gasteiger partial charge is 0.480 e. The van der Waals surface area contributed by atoms with E-state index in [-0.39, 0.29) is 18.0 Å². The molecular weight excluding hydrogens is 328 g/mol. The fourth-order valence-electron chi connectivity index (χ4n) is 2.03. The van der Waals surface area contributed by atoms with Crippen molar-refractivity contribution in [3.63, 3.8) is 0 Å². The van der Waals surface area contributed by atoms with Gasteiger partial charge in [0.25, 0.3) is 0 Å². The van der Waals surface area contributed by atoms with E-state index < -0.39 is 23.7 Å². The van der Waals surface area contributed by atoms with Crippen LogP contribution < -0.4 is 10.6 Å². The second kappa shape index (κ2) is 8.77. The monoisotopic (exact) mass is 356 g/mol. The van der Waals surface area contributed by atoms with Crippen LogP contribution in [-0.2, 0) is 14.3 Å². The number of ether oxygens (including phenoxy) is 1. The molecule has 142 valence electrons. The number of nitrogens with zero attached hydrogens (tertiary/aromatic N) is 2. The zero-order valence-corrected chi connectivity index (χ0v) is 15.3. The van der Waals surface area contributed by atoms with E-state index in [1.54, 1.807) is 20.8 Å². The number of carboxylic acid groups (broad SMARTS) is 1. The van der Waals surface area contributed by atoms with Crippen molar-refractivity contribution < 1.29 is 24.2 Å². The SMILES string of the molecule is CC1(CCC(=O)NCCCCC(NC(=O)OC(C)(C)C)C(=O)O)N=N1. The van der Waals surface area contributed by atoms with E-state index in [4.69, 9.17) is 9.84 Å². The second-order valence-electron chi connectivity index (χ2n) is 7.30. The molecule has 1 aliphatic heterocycles. The van der Waals surface area contributed by atoms with Gasteiger partial charge in [-0.1, -0.05) is 0 Å². The third-order valence-electron chi connectivity index (χ3n) is 3.50. The van der Waals surface area contributed by atoms with E-state index in [2.05, 4.69) is 20.9 Å². The minimum Gasteiger partial charge on any atom is -0.480 e. The number of amides is 2. The third kappa shape index (κ3) is 9.63. The van der Waals surface area contributed by atoms with Crippen LogP contribution in [0.2, 0.25) is 0 Å². The van der Waals surface area contributed by atoms with E-state index in [1.807, 2.05) is 6.92 Å². The van der Waals surface area contributed by atoms with Gasteiger partial charge in [0.2, 0.25) is 5.91 Å². The molecule has 9 nitrogen and oxygen atoms in total. The number of rotatable bonds is 10. The van der Waals surface area contributed by atoms with Gasteiger partial charge in [-0.15, -0.1) is 0 Å². The lowest BCUT2D eigenvalue weighted by Crippen LogP contribution is -2.43. The van der Waals surface area contributed by atoms with Crippen LogP contribution in [0.25, 0.3) is 0 Å². The first-order chi connectivity index (χ1) is 11.5. The second-order valence-corrected chi connectivity index (χ2v) is 7.30. The van der Waals surface area contributed by atoms with Crippen molar-refractivity contribution in [2.75, 3.05) is 6.54 Å². The number of carbonyl (C=O) groups is 3. The van der Waals surface area contributed by atoms with E-state index in [1.165, 1.54) is 0 Å². The molecule has 0 aliphatic carbocycles. The van der Waals surface area contributed by atoms with Crippen LogP contribution in [0, 0.1) is 0 Å². The summed E-state index contributed by atoms with van der Waals surface area (Å²) in [5.41, 5.74) is -1.06. The Morgan fingerprint density at radius 2 is 1.84 bits per heavy atom. The van der Waals surface area contributed by atoms with Crippen molar-refractivity contribution in [1.29, 1.82) is 0 Å². The molecule has 0 aromatic carbocycles. The van der Waals surface area contributed by atoms with E-state index >= 15 is 0 Å². The maximum Gasteiger partial charge on any atom is 0.408 e. The van der Waals surface area contributed by atoms with Gasteiger partial charge < -0.3 is 20.5 Å². The highest BCUT2D eigenvalue weighted by Gasteiger charge is 2.33. The number of hydrogen-bond donors (Lipinski definition) is 3. The van der Waals surface area contributed by atoms with Gasteiger partial charge in [-0.25, -0.2) is 9.59 Å². The number of unbranched alkanes of at least 4 members (excludes halogenated alkanes) is 1. The Bertz CT molecular complexity index is 521. The first-order valence-corrected chi connectivity index (χ1v) is 8.44. The van der Waals surface area contributed by atoms with Crippen molar-refractivity contribution in [1.82, 2.24) is 10.6 Å². The van der Waals surface area contributed by atoms with Crippen LogP contribution >= 0.6 is 0 Å². The van der Waals surface area contributed by atoms with Crippen LogP contribution in [0.4, 0.5) is 4.79 Å². The number of carboxylic acids is 1. The first-order valence-electron chi connectivity index (χ1n) is 8.44. The molecular formula is C16H28N4O5. The summed E-state index contributed by atoms with van der Waals surface area (Å²) in [6.07, 6.45) is 1.65. The van der Waals surface area contributed by atoms with Crippen LogP contribution in [0.1, 0.15) is 59.8 Å². The fourth-order valence-corrected chi connectivity index (χ4v) is 2.03. The molecule has 0 saturated heterocycles. The summed E-state index contributed by atoms with van der Waals surface area (Å²) < 4.78 is 5.05. The molecule has 0 spiro atoms. The van der Waals surface area contributed by atoms with Crippen LogP contribution in [0.3, 0.4) is 0 Å². The standard InChI is InChI=1S/C16H28N4O5/c1-15(2,3)25-14(24)18-11(13(22)23)7-5-6-10-17-12(21)8-9-16(4)19-20-16/h11H,5-10H2,1-4H3,(H,17,21)(H,18,24)(H,22,23). The highest BCUT2D eigenvalue weighted by atomic mass is 16.6. The first kappa shape index (κ1) is 20.9. The van der Waals surface area contributed by atoms with Gasteiger partial charge in [-0.05, 0) is 47.0 Å². The number of aliphatic carboxylic acids is 1. The zero-order chi connectivity index (χ0) is 19.1. The van der Waals surface area contributed by atoms with Gasteiger partial charge in [-0.3, -0.25) is 4.79 Å². The Kier molecular flexibility index (Phi) is 7.32. The average Bonchev–Trinajstić information content (AvgIpc) is 3.19. The van der Waals surface area contributed by atoms with Crippen molar-refractivity contribution >= 4 is 18.0 Å². The summed E-state index contributed by atoms with van der Waals surface area (Å²) in [6.45, 7) is 7.44. The van der Waals surface area contributed by atoms with Crippen molar-refractivity contribution in [3.05, 3.63) is 0 Å². The summed E-state index contributed by atoms with van der Waals surface area (Å²) >= 11 is 0. The summed E-state index contributed by atoms with van der Waals surface area (Å²) in [6, 6.07) is -1.01. The minimum absolute atomic E-state index is 0.0693. The molecule has 0 bridgehead atoms. The fraction of sp³-hybridized carbons (Fsp3) is 0.812. The Hall–Kier alpha value is -2.19. The predicted octanol–water partition coefficient (Wildman–Crippen LogP) is 2.21. The Labute approximate surface area is 147 Å². The molecule has 1 unspecified atom stereocenters. The summed E-state index contributed by atoms with van der Waals surface area (Å²) in [5, 5.41) is 22.0. The molecule has 0 aromatic rings. The molecule has 0 saturated carbocycles. The lowest BCUT2D eigenvalue weighted by Gasteiger charge is -2.22. The Balaban J connectivity index is 2.16. The van der Waals surface area contributed by atoms with Crippen LogP contribution in [0.15, 0.2) is 10.2 Å². The molecule has 3 N–H and O–H groups in total. The third-order valence-corrected chi connectivity index (χ3v) is 3.50. The molecule has 0 fully saturated rings. The molecule has 25 heavy (non-hydrogen) atoms. The number of carbonyl (C=O) groups excluding carboxylic acids is 2. The van der Waals surface area contributed by atoms with E-state index in [9.17, 15) is 14.4 Å². The average molecular weight is 356 g/mol. The molecule has 1 heterocycles. The van der Waals surface area contributed by atoms with Gasteiger partial charge in [0.05, 0.1) is 0 Å². The van der Waals surface area contributed by atoms with Crippen molar-refractivity contribution in [2.24, 2.45) is 10.2 Å². The van der Waals surface area contributed by atoms with E-state index in [0.29, 0.717) is 32.2 Å². The molecule has 2 amide bonds. The van der Waals surface area contributed by atoms with Gasteiger partial charge in [-0.2, -0.15) is 10.2 Å². The summed E-state index contributed by atoms with van der Waals surface area (Å²) in [5.74, 6) is -1.18. The molecule has 1 aliphatic rings. The van der Waals surface area contributed by atoms with Gasteiger partial charge in [0.15, 0.2) is 5.66 Å². The van der Waals surface area contributed by atoms with Gasteiger partial charge in [0, 0.05) is 19.4 Å². The molecule has 1 rings (SSSR count). The lowest BCUT2D eigenvalue weighted by molar-refractivity contribution is -0.139. The number of alkyl carbamates (subject to hydrolysis) is 1. The highest BCUT2D eigenvalue weighted by molar-refractivity contribution is 5.80. The number of nitrogens with one attached hydrogen (secondary N) is 2. The zero-order valence-electron chi connectivity index (χ0n) is 15.3. The van der Waals surface area contributed by atoms with Crippen molar-refractivity contribution in [3.8, 4) is 0 Å². The summed E-state index contributed by atoms with van der Waals surface area (Å²) in [4.78, 5) is 34.5. The van der Waals surface area contributed by atoms with Crippen molar-refractivity contribution in [2.45, 2.75) is 77.1 Å². The van der Waals surface area contributed by atoms with Gasteiger partial charge >= 0.3 is 12.1 Å². The van der Waals surface area contributed by atoms with Crippen LogP contribution in [0.5, 0.6) is 0 Å². The van der Waals surface area contributed by atoms with Gasteiger partial charge in [0.1, 0.15) is 11.6 Å². The summed E-state index contributed by atoms with van der Waals surface area (Å²) in [7, 11) is 0. The maximum atomic E-state index is 11.6. The lowest BCUT2D eigenvalue weighted by atomic mass is 10.1. The number of hydrogen-bond acceptors (Lipinski definition) is 6. The Morgan fingerprint density at radius 1 is 1.20 bits per heavy atom. The molecule has 1 atom stereocenters. The molecule has 9 heteroatoms. The topological polar surface area (TPSA) is 129 Å². The normalized spacial score (nSPS) is 16.0. The van der Waals surface area contributed by atoms with E-state index in [0.717, 1.165) is 0 Å². The highest BCUT2D eigenvalue weighted by Crippen LogP contribution is 2.31. The Morgan fingerprint density at radius 3 is 2.36 bits per heavy atom. The quantitative estimate of drug-likeness (QED) is 0.517. The minimum atomic E-state index is -1.11.